The first-order chi connectivity index (χ1) is 12.5. The van der Waals surface area contributed by atoms with Gasteiger partial charge in [-0.05, 0) is 32.9 Å². The van der Waals surface area contributed by atoms with Gasteiger partial charge in [-0.1, -0.05) is 17.7 Å². The van der Waals surface area contributed by atoms with Gasteiger partial charge in [-0.3, -0.25) is 4.79 Å². The maximum Gasteiger partial charge on any atom is 0.417 e. The molecule has 0 radical (unpaired) electrons. The molecule has 0 spiro atoms. The second-order valence-electron chi connectivity index (χ2n) is 6.96. The van der Waals surface area contributed by atoms with Crippen LogP contribution in [0.4, 0.5) is 13.6 Å². The number of rotatable bonds is 1. The van der Waals surface area contributed by atoms with E-state index >= 15 is 0 Å². The minimum Gasteiger partial charge on any atom is -0.618 e. The molecule has 1 aliphatic rings. The first kappa shape index (κ1) is 19.0. The first-order valence-corrected chi connectivity index (χ1v) is 8.33. The van der Waals surface area contributed by atoms with Crippen LogP contribution >= 0.6 is 11.6 Å². The van der Waals surface area contributed by atoms with Crippen molar-refractivity contribution < 1.29 is 27.8 Å². The molecule has 0 atom stereocenters. The molecule has 2 heterocycles. The maximum atomic E-state index is 14.1. The van der Waals surface area contributed by atoms with Gasteiger partial charge < -0.3 is 9.94 Å². The van der Waals surface area contributed by atoms with Gasteiger partial charge in [0, 0.05) is 6.07 Å². The minimum absolute atomic E-state index is 0.184. The van der Waals surface area contributed by atoms with Crippen LogP contribution in [0.25, 0.3) is 11.3 Å². The Morgan fingerprint density at radius 2 is 1.85 bits per heavy atom. The zero-order valence-corrected chi connectivity index (χ0v) is 15.4. The second kappa shape index (κ2) is 6.45. The lowest BCUT2D eigenvalue weighted by atomic mass is 10.1. The van der Waals surface area contributed by atoms with Crippen LogP contribution < -0.4 is 4.73 Å². The first-order valence-electron chi connectivity index (χ1n) is 7.95. The monoisotopic (exact) mass is 396 g/mol. The fourth-order valence-corrected chi connectivity index (χ4v) is 3.03. The lowest BCUT2D eigenvalue weighted by Gasteiger charge is -2.22. The Labute approximate surface area is 158 Å². The van der Waals surface area contributed by atoms with Gasteiger partial charge in [-0.25, -0.2) is 18.5 Å². The molecule has 0 saturated carbocycles. The van der Waals surface area contributed by atoms with E-state index in [0.717, 1.165) is 29.2 Å². The third-order valence-electron chi connectivity index (χ3n) is 3.85. The third kappa shape index (κ3) is 3.32. The molecule has 2 amide bonds. The number of pyridine rings is 1. The van der Waals surface area contributed by atoms with E-state index in [2.05, 4.69) is 0 Å². The van der Waals surface area contributed by atoms with Crippen LogP contribution in [0.3, 0.4) is 0 Å². The van der Waals surface area contributed by atoms with E-state index in [1.165, 1.54) is 0 Å². The predicted molar refractivity (Wildman–Crippen MR) is 91.9 cm³/mol. The number of carbonyl (C=O) groups is 2. The molecule has 3 rings (SSSR count). The highest BCUT2D eigenvalue weighted by Crippen LogP contribution is 2.33. The summed E-state index contributed by atoms with van der Waals surface area (Å²) >= 11 is 6.10. The summed E-state index contributed by atoms with van der Waals surface area (Å²) in [5.41, 5.74) is -2.20. The molecule has 1 aliphatic heterocycles. The van der Waals surface area contributed by atoms with Crippen LogP contribution in [0.15, 0.2) is 24.3 Å². The number of carbonyl (C=O) groups excluding carboxylic acids is 2. The Morgan fingerprint density at radius 1 is 1.26 bits per heavy atom. The average Bonchev–Trinajstić information content (AvgIpc) is 2.88. The predicted octanol–water partition coefficient (Wildman–Crippen LogP) is 3.81. The quantitative estimate of drug-likeness (QED) is 0.542. The smallest absolute Gasteiger partial charge is 0.417 e. The summed E-state index contributed by atoms with van der Waals surface area (Å²) in [6.07, 6.45) is -0.946. The van der Waals surface area contributed by atoms with Crippen molar-refractivity contribution in [2.24, 2.45) is 0 Å². The van der Waals surface area contributed by atoms with E-state index in [1.807, 2.05) is 0 Å². The minimum atomic E-state index is -0.955. The van der Waals surface area contributed by atoms with Crippen molar-refractivity contribution in [3.63, 3.8) is 0 Å². The zero-order valence-electron chi connectivity index (χ0n) is 14.7. The SMILES string of the molecule is CC(C)(C)OC(=O)N1Cc2c(c(Cl)cc(-c3c(F)cccc3F)[n+]2[O-])C1=O. The van der Waals surface area contributed by atoms with Gasteiger partial charge >= 0.3 is 6.09 Å². The zero-order chi connectivity index (χ0) is 20.1. The Balaban J connectivity index is 2.09. The van der Waals surface area contributed by atoms with Gasteiger partial charge in [-0.2, -0.15) is 4.73 Å². The van der Waals surface area contributed by atoms with Gasteiger partial charge in [0.1, 0.15) is 34.9 Å². The number of nitrogens with zero attached hydrogens (tertiary/aromatic N) is 2. The molecular weight excluding hydrogens is 382 g/mol. The highest BCUT2D eigenvalue weighted by Gasteiger charge is 2.43. The molecule has 6 nitrogen and oxygen atoms in total. The highest BCUT2D eigenvalue weighted by atomic mass is 35.5. The van der Waals surface area contributed by atoms with Gasteiger partial charge in [0.2, 0.25) is 11.4 Å². The molecular formula is C18H15ClF2N2O4. The molecule has 0 unspecified atom stereocenters. The van der Waals surface area contributed by atoms with Crippen LogP contribution in [0, 0.1) is 16.8 Å². The number of aromatic nitrogens is 1. The van der Waals surface area contributed by atoms with E-state index in [4.69, 9.17) is 16.3 Å². The van der Waals surface area contributed by atoms with Gasteiger partial charge in [0.05, 0.1) is 5.02 Å². The molecule has 27 heavy (non-hydrogen) atoms. The van der Waals surface area contributed by atoms with E-state index in [9.17, 15) is 23.6 Å². The van der Waals surface area contributed by atoms with Gasteiger partial charge in [-0.15, -0.1) is 0 Å². The fraction of sp³-hybridized carbons (Fsp3) is 0.278. The summed E-state index contributed by atoms with van der Waals surface area (Å²) in [6, 6.07) is 4.16. The molecule has 2 aromatic rings. The summed E-state index contributed by atoms with van der Waals surface area (Å²) in [7, 11) is 0. The van der Waals surface area contributed by atoms with E-state index in [-0.39, 0.29) is 21.0 Å². The van der Waals surface area contributed by atoms with Crippen molar-refractivity contribution in [1.82, 2.24) is 4.90 Å². The largest absolute Gasteiger partial charge is 0.618 e. The van der Waals surface area contributed by atoms with Crippen molar-refractivity contribution in [3.05, 3.63) is 57.4 Å². The van der Waals surface area contributed by atoms with E-state index < -0.39 is 47.0 Å². The molecule has 0 saturated heterocycles. The summed E-state index contributed by atoms with van der Waals surface area (Å²) in [6.45, 7) is 4.45. The fourth-order valence-electron chi connectivity index (χ4n) is 2.74. The second-order valence-corrected chi connectivity index (χ2v) is 7.37. The number of hydrogen-bond donors (Lipinski definition) is 0. The highest BCUT2D eigenvalue weighted by molar-refractivity contribution is 6.34. The lowest BCUT2D eigenvalue weighted by molar-refractivity contribution is -0.602. The van der Waals surface area contributed by atoms with Crippen molar-refractivity contribution in [3.8, 4) is 11.3 Å². The molecule has 1 aromatic heterocycles. The summed E-state index contributed by atoms with van der Waals surface area (Å²) < 4.78 is 33.5. The Kier molecular flexibility index (Phi) is 4.55. The van der Waals surface area contributed by atoms with Crippen LogP contribution in [0.5, 0.6) is 0 Å². The van der Waals surface area contributed by atoms with E-state index in [1.54, 1.807) is 20.8 Å². The molecule has 0 bridgehead atoms. The standard InChI is InChI=1S/C18H15ClF2N2O4/c1-18(2,3)27-17(25)22-8-13-14(16(22)24)9(19)7-12(23(13)26)15-10(20)5-4-6-11(15)21/h4-7H,8H2,1-3H3. The number of halogens is 3. The van der Waals surface area contributed by atoms with Crippen LogP contribution in [-0.2, 0) is 11.3 Å². The number of hydrogen-bond acceptors (Lipinski definition) is 4. The summed E-state index contributed by atoms with van der Waals surface area (Å²) in [5.74, 6) is -2.72. The van der Waals surface area contributed by atoms with Crippen LogP contribution in [0.2, 0.25) is 5.02 Å². The van der Waals surface area contributed by atoms with E-state index in [0.29, 0.717) is 0 Å². The molecule has 0 N–H and O–H groups in total. The summed E-state index contributed by atoms with van der Waals surface area (Å²) in [5, 5.41) is 12.5. The molecule has 142 valence electrons. The number of ether oxygens (including phenoxy) is 1. The topological polar surface area (TPSA) is 73.6 Å². The molecule has 0 aliphatic carbocycles. The van der Waals surface area contributed by atoms with Crippen molar-refractivity contribution in [2.75, 3.05) is 0 Å². The maximum absolute atomic E-state index is 14.1. The Bertz CT molecular complexity index is 953. The van der Waals surface area contributed by atoms with Crippen molar-refractivity contribution in [2.45, 2.75) is 32.9 Å². The Morgan fingerprint density at radius 3 is 2.41 bits per heavy atom. The molecule has 9 heteroatoms. The molecule has 0 fully saturated rings. The normalized spacial score (nSPS) is 13.7. The molecule has 1 aromatic carbocycles. The van der Waals surface area contributed by atoms with Gasteiger partial charge in [0.25, 0.3) is 5.91 Å². The third-order valence-corrected chi connectivity index (χ3v) is 4.15. The van der Waals surface area contributed by atoms with Crippen molar-refractivity contribution >= 4 is 23.6 Å². The number of amides is 2. The number of fused-ring (bicyclic) bond motifs is 1. The number of imide groups is 1. The van der Waals surface area contributed by atoms with Crippen molar-refractivity contribution in [1.29, 1.82) is 0 Å². The Hall–Kier alpha value is -2.74. The number of benzene rings is 1. The summed E-state index contributed by atoms with van der Waals surface area (Å²) in [4.78, 5) is 25.5. The van der Waals surface area contributed by atoms with Crippen LogP contribution in [-0.4, -0.2) is 22.5 Å². The average molecular weight is 397 g/mol. The lowest BCUT2D eigenvalue weighted by Crippen LogP contribution is -2.38. The van der Waals surface area contributed by atoms with Crippen LogP contribution in [0.1, 0.15) is 36.8 Å². The van der Waals surface area contributed by atoms with Gasteiger partial charge in [0.15, 0.2) is 0 Å².